The second kappa shape index (κ2) is 19.0. The molecule has 4 atom stereocenters. The monoisotopic (exact) mass is 792 g/mol. The van der Waals surface area contributed by atoms with Crippen LogP contribution in [-0.2, 0) is 43.2 Å². The number of amides is 5. The summed E-state index contributed by atoms with van der Waals surface area (Å²) < 4.78 is 1.05. The average Bonchev–Trinajstić information content (AvgIpc) is 3.80. The SMILES string of the molecule is NCCCC[C@@H](NC(=O)[C@H](Cc1ccccc1)NC(=O)[C@@H](Cc1c[nH]c2ccccc12)NC(=O)[C@@H](Cc1csc2ccccc12)NC(=O)C1(CN)CCC1)C(N)=O. The minimum atomic E-state index is -1.18. The van der Waals surface area contributed by atoms with E-state index in [-0.39, 0.29) is 31.7 Å². The van der Waals surface area contributed by atoms with Crippen molar-refractivity contribution in [3.05, 3.63) is 107 Å². The fourth-order valence-corrected chi connectivity index (χ4v) is 8.42. The topological polar surface area (TPSA) is 227 Å². The van der Waals surface area contributed by atoms with Crippen LogP contribution in [0.15, 0.2) is 90.4 Å². The summed E-state index contributed by atoms with van der Waals surface area (Å²) in [4.78, 5) is 72.4. The number of fused-ring (bicyclic) bond motifs is 2. The lowest BCUT2D eigenvalue weighted by Crippen LogP contribution is -2.60. The van der Waals surface area contributed by atoms with Crippen molar-refractivity contribution in [2.75, 3.05) is 13.1 Å². The van der Waals surface area contributed by atoms with Crippen LogP contribution < -0.4 is 38.5 Å². The van der Waals surface area contributed by atoms with Crippen molar-refractivity contribution in [3.63, 3.8) is 0 Å². The highest BCUT2D eigenvalue weighted by Gasteiger charge is 2.44. The van der Waals surface area contributed by atoms with E-state index >= 15 is 0 Å². The van der Waals surface area contributed by atoms with Gasteiger partial charge in [-0.2, -0.15) is 0 Å². The van der Waals surface area contributed by atoms with Gasteiger partial charge in [0.15, 0.2) is 0 Å². The van der Waals surface area contributed by atoms with E-state index < -0.39 is 53.2 Å². The number of primary amides is 1. The van der Waals surface area contributed by atoms with Crippen LogP contribution in [0, 0.1) is 5.41 Å². The molecule has 0 radical (unpaired) electrons. The van der Waals surface area contributed by atoms with Crippen molar-refractivity contribution in [1.82, 2.24) is 26.3 Å². The molecule has 1 saturated carbocycles. The van der Waals surface area contributed by atoms with Crippen LogP contribution in [0.25, 0.3) is 21.0 Å². The normalized spacial score (nSPS) is 15.5. The zero-order valence-corrected chi connectivity index (χ0v) is 32.7. The summed E-state index contributed by atoms with van der Waals surface area (Å²) in [5, 5.41) is 15.4. The van der Waals surface area contributed by atoms with Crippen molar-refractivity contribution in [1.29, 1.82) is 0 Å². The number of rotatable bonds is 20. The molecule has 6 rings (SSSR count). The second-order valence-electron chi connectivity index (χ2n) is 14.9. The minimum absolute atomic E-state index is 0.0685. The molecule has 3 aromatic carbocycles. The third-order valence-corrected chi connectivity index (χ3v) is 12.1. The first kappa shape index (κ1) is 41.1. The molecule has 2 heterocycles. The Morgan fingerprint density at radius 1 is 0.684 bits per heavy atom. The molecular formula is C43H52N8O5S. The van der Waals surface area contributed by atoms with Gasteiger partial charge < -0.3 is 43.5 Å². The fourth-order valence-electron chi connectivity index (χ4n) is 7.44. The summed E-state index contributed by atoms with van der Waals surface area (Å²) >= 11 is 1.55. The number of thiophene rings is 1. The van der Waals surface area contributed by atoms with E-state index in [1.165, 1.54) is 0 Å². The number of hydrogen-bond acceptors (Lipinski definition) is 8. The molecule has 0 unspecified atom stereocenters. The molecule has 1 aliphatic rings. The number of carbonyl (C=O) groups is 5. The fraction of sp³-hybridized carbons (Fsp3) is 0.372. The van der Waals surface area contributed by atoms with Crippen LogP contribution in [0.3, 0.4) is 0 Å². The molecule has 5 amide bonds. The molecule has 0 spiro atoms. The zero-order chi connectivity index (χ0) is 40.4. The summed E-state index contributed by atoms with van der Waals surface area (Å²) in [6, 6.07) is 20.4. The summed E-state index contributed by atoms with van der Waals surface area (Å²) in [5.41, 5.74) is 20.0. The van der Waals surface area contributed by atoms with Gasteiger partial charge in [-0.25, -0.2) is 0 Å². The molecule has 5 aromatic rings. The third-order valence-electron chi connectivity index (χ3n) is 11.0. The number of nitrogens with one attached hydrogen (secondary N) is 5. The molecular weight excluding hydrogens is 741 g/mol. The van der Waals surface area contributed by atoms with Crippen LogP contribution >= 0.6 is 11.3 Å². The summed E-state index contributed by atoms with van der Waals surface area (Å²) in [6.07, 6.45) is 5.79. The summed E-state index contributed by atoms with van der Waals surface area (Å²) in [5.74, 6) is -2.75. The lowest BCUT2D eigenvalue weighted by Gasteiger charge is -2.40. The lowest BCUT2D eigenvalue weighted by molar-refractivity contribution is -0.139. The Labute approximate surface area is 335 Å². The number of carbonyl (C=O) groups excluding carboxylic acids is 5. The molecule has 57 heavy (non-hydrogen) atoms. The van der Waals surface area contributed by atoms with Gasteiger partial charge in [0.1, 0.15) is 24.2 Å². The first-order valence-corrected chi connectivity index (χ1v) is 20.4. The quantitative estimate of drug-likeness (QED) is 0.0549. The van der Waals surface area contributed by atoms with E-state index in [4.69, 9.17) is 17.2 Å². The van der Waals surface area contributed by atoms with Gasteiger partial charge >= 0.3 is 0 Å². The standard InChI is InChI=1S/C43H52N8O5S/c44-20-9-8-16-33(38(46)52)48-39(53)34(21-27-11-2-1-3-12-27)49-40(54)35(22-28-24-47-32-15-6-4-13-30(28)32)50-41(55)36(51-42(56)43(26-45)18-10-19-43)23-29-25-57-37-17-7-5-14-31(29)37/h1-7,11-15,17,24-25,33-36,47H,8-10,16,18-23,26,44-45H2,(H2,46,52)(H,48,53)(H,49,54)(H,50,55)(H,51,56)/t33-,34+,35-,36-/m1/s1. The number of H-pyrrole nitrogens is 1. The van der Waals surface area contributed by atoms with Crippen LogP contribution in [0.4, 0.5) is 0 Å². The molecule has 13 nitrogen and oxygen atoms in total. The number of unbranched alkanes of at least 4 members (excludes halogenated alkanes) is 1. The van der Waals surface area contributed by atoms with Gasteiger partial charge in [-0.05, 0) is 78.2 Å². The van der Waals surface area contributed by atoms with Gasteiger partial charge in [0.25, 0.3) is 0 Å². The van der Waals surface area contributed by atoms with Crippen LogP contribution in [-0.4, -0.2) is 71.8 Å². The maximum atomic E-state index is 14.6. The molecule has 300 valence electrons. The maximum absolute atomic E-state index is 14.6. The number of hydrogen-bond donors (Lipinski definition) is 8. The van der Waals surface area contributed by atoms with Crippen LogP contribution in [0.5, 0.6) is 0 Å². The van der Waals surface area contributed by atoms with E-state index in [0.717, 1.165) is 44.1 Å². The Morgan fingerprint density at radius 3 is 1.93 bits per heavy atom. The first-order valence-electron chi connectivity index (χ1n) is 19.6. The van der Waals surface area contributed by atoms with Crippen molar-refractivity contribution < 1.29 is 24.0 Å². The Bertz CT molecular complexity index is 2180. The highest BCUT2D eigenvalue weighted by molar-refractivity contribution is 7.17. The average molecular weight is 793 g/mol. The Hall–Kier alpha value is -5.57. The molecule has 0 bridgehead atoms. The number of para-hydroxylation sites is 1. The molecule has 2 aromatic heterocycles. The van der Waals surface area contributed by atoms with E-state index in [1.54, 1.807) is 17.5 Å². The molecule has 14 heteroatoms. The van der Waals surface area contributed by atoms with Crippen LogP contribution in [0.2, 0.25) is 0 Å². The molecule has 0 aliphatic heterocycles. The molecule has 0 saturated heterocycles. The predicted molar refractivity (Wildman–Crippen MR) is 223 cm³/mol. The smallest absolute Gasteiger partial charge is 0.243 e. The van der Waals surface area contributed by atoms with Gasteiger partial charge in [0, 0.05) is 47.6 Å². The maximum Gasteiger partial charge on any atom is 0.243 e. The number of benzene rings is 3. The van der Waals surface area contributed by atoms with E-state index in [2.05, 4.69) is 26.3 Å². The zero-order valence-electron chi connectivity index (χ0n) is 31.9. The highest BCUT2D eigenvalue weighted by atomic mass is 32.1. The van der Waals surface area contributed by atoms with Crippen molar-refractivity contribution in [3.8, 4) is 0 Å². The molecule has 1 fully saturated rings. The Balaban J connectivity index is 1.30. The van der Waals surface area contributed by atoms with E-state index in [1.807, 2.05) is 84.2 Å². The van der Waals surface area contributed by atoms with Gasteiger partial charge in [0.05, 0.1) is 5.41 Å². The summed E-state index contributed by atoms with van der Waals surface area (Å²) in [6.45, 7) is 0.590. The minimum Gasteiger partial charge on any atom is -0.368 e. The van der Waals surface area contributed by atoms with Gasteiger partial charge in [-0.3, -0.25) is 24.0 Å². The van der Waals surface area contributed by atoms with Crippen LogP contribution in [0.1, 0.15) is 55.2 Å². The van der Waals surface area contributed by atoms with Gasteiger partial charge in [-0.15, -0.1) is 11.3 Å². The third kappa shape index (κ3) is 10.1. The van der Waals surface area contributed by atoms with Crippen molar-refractivity contribution in [2.24, 2.45) is 22.6 Å². The predicted octanol–water partition coefficient (Wildman–Crippen LogP) is 3.09. The van der Waals surface area contributed by atoms with Gasteiger partial charge in [0.2, 0.25) is 29.5 Å². The Kier molecular flexibility index (Phi) is 13.7. The van der Waals surface area contributed by atoms with Crippen molar-refractivity contribution in [2.45, 2.75) is 82.0 Å². The summed E-state index contributed by atoms with van der Waals surface area (Å²) in [7, 11) is 0. The van der Waals surface area contributed by atoms with E-state index in [0.29, 0.717) is 38.6 Å². The first-order chi connectivity index (χ1) is 27.6. The van der Waals surface area contributed by atoms with E-state index in [9.17, 15) is 24.0 Å². The number of aromatic amines is 1. The largest absolute Gasteiger partial charge is 0.368 e. The number of aromatic nitrogens is 1. The lowest BCUT2D eigenvalue weighted by atomic mass is 9.68. The second-order valence-corrected chi connectivity index (χ2v) is 15.9. The molecule has 11 N–H and O–H groups in total. The molecule has 1 aliphatic carbocycles. The Morgan fingerprint density at radius 2 is 1.28 bits per heavy atom. The van der Waals surface area contributed by atoms with Gasteiger partial charge in [-0.1, -0.05) is 73.2 Å². The van der Waals surface area contributed by atoms with Crippen molar-refractivity contribution >= 4 is 61.9 Å². The number of nitrogens with two attached hydrogens (primary N) is 3. The highest BCUT2D eigenvalue weighted by Crippen LogP contribution is 2.40.